The molecule has 2 aromatic heterocycles. The van der Waals surface area contributed by atoms with Gasteiger partial charge in [0.1, 0.15) is 24.6 Å². The molecule has 2 fully saturated rings. The summed E-state index contributed by atoms with van der Waals surface area (Å²) in [4.78, 5) is 33.5. The minimum Gasteiger partial charge on any atom is -0.478 e. The first kappa shape index (κ1) is 26.4. The highest BCUT2D eigenvalue weighted by atomic mass is 35.5. The molecule has 0 spiro atoms. The van der Waals surface area contributed by atoms with Gasteiger partial charge in [-0.2, -0.15) is 9.97 Å². The van der Waals surface area contributed by atoms with Gasteiger partial charge in [0.15, 0.2) is 0 Å². The van der Waals surface area contributed by atoms with Crippen LogP contribution < -0.4 is 9.64 Å². The third kappa shape index (κ3) is 5.69. The molecular formula is C27H27ClFN7O4. The number of hydrogen-bond acceptors (Lipinski definition) is 9. The van der Waals surface area contributed by atoms with E-state index >= 15 is 0 Å². The largest absolute Gasteiger partial charge is 0.478 e. The molecule has 13 heteroatoms. The third-order valence-electron chi connectivity index (χ3n) is 7.18. The van der Waals surface area contributed by atoms with Gasteiger partial charge in [0.2, 0.25) is 5.95 Å². The number of imidazole rings is 1. The van der Waals surface area contributed by atoms with Crippen molar-refractivity contribution >= 4 is 34.6 Å². The molecule has 0 radical (unpaired) electrons. The van der Waals surface area contributed by atoms with Gasteiger partial charge in [0.05, 0.1) is 35.8 Å². The van der Waals surface area contributed by atoms with E-state index in [1.807, 2.05) is 0 Å². The highest BCUT2D eigenvalue weighted by Crippen LogP contribution is 2.24. The fourth-order valence-corrected chi connectivity index (χ4v) is 5.00. The number of carboxylic acids is 1. The van der Waals surface area contributed by atoms with E-state index in [1.54, 1.807) is 30.3 Å². The highest BCUT2D eigenvalue weighted by Gasteiger charge is 2.25. The maximum atomic E-state index is 14.1. The van der Waals surface area contributed by atoms with E-state index in [-0.39, 0.29) is 24.3 Å². The molecule has 1 atom stereocenters. The number of carbonyl (C=O) groups is 1. The molecule has 0 unspecified atom stereocenters. The maximum Gasteiger partial charge on any atom is 0.335 e. The Hall–Kier alpha value is -3.87. The van der Waals surface area contributed by atoms with Crippen molar-refractivity contribution in [2.24, 2.45) is 0 Å². The second kappa shape index (κ2) is 11.3. The molecule has 0 bridgehead atoms. The number of aromatic carboxylic acids is 1. The summed E-state index contributed by atoms with van der Waals surface area (Å²) in [6, 6.07) is 9.56. The van der Waals surface area contributed by atoms with E-state index in [9.17, 15) is 14.3 Å². The minimum absolute atomic E-state index is 0.0267. The zero-order valence-corrected chi connectivity index (χ0v) is 22.3. The molecule has 2 saturated heterocycles. The van der Waals surface area contributed by atoms with Gasteiger partial charge in [-0.05, 0) is 36.8 Å². The summed E-state index contributed by atoms with van der Waals surface area (Å²) < 4.78 is 27.4. The molecule has 0 amide bonds. The molecule has 4 heterocycles. The Morgan fingerprint density at radius 3 is 2.67 bits per heavy atom. The number of fused-ring (bicyclic) bond motifs is 1. The summed E-state index contributed by atoms with van der Waals surface area (Å²) in [6.45, 7) is 4.85. The van der Waals surface area contributed by atoms with E-state index in [4.69, 9.17) is 26.1 Å². The Morgan fingerprint density at radius 2 is 1.95 bits per heavy atom. The smallest absolute Gasteiger partial charge is 0.335 e. The van der Waals surface area contributed by atoms with Gasteiger partial charge in [0.25, 0.3) is 0 Å². The number of benzene rings is 2. The number of nitrogens with zero attached hydrogens (tertiary/aromatic N) is 7. The van der Waals surface area contributed by atoms with Gasteiger partial charge in [0, 0.05) is 43.4 Å². The monoisotopic (exact) mass is 567 g/mol. The Morgan fingerprint density at radius 1 is 1.12 bits per heavy atom. The number of rotatable bonds is 9. The second-order valence-corrected chi connectivity index (χ2v) is 10.2. The van der Waals surface area contributed by atoms with Crippen molar-refractivity contribution in [3.05, 3.63) is 70.5 Å². The van der Waals surface area contributed by atoms with Crippen molar-refractivity contribution in [3.8, 4) is 6.01 Å². The van der Waals surface area contributed by atoms with Gasteiger partial charge < -0.3 is 24.0 Å². The zero-order valence-electron chi connectivity index (χ0n) is 21.5. The van der Waals surface area contributed by atoms with E-state index in [0.717, 1.165) is 43.0 Å². The van der Waals surface area contributed by atoms with Gasteiger partial charge >= 0.3 is 12.0 Å². The van der Waals surface area contributed by atoms with E-state index in [1.165, 1.54) is 12.4 Å². The van der Waals surface area contributed by atoms with Crippen molar-refractivity contribution in [1.82, 2.24) is 29.4 Å². The molecule has 2 aliphatic rings. The first-order valence-corrected chi connectivity index (χ1v) is 13.4. The van der Waals surface area contributed by atoms with Crippen LogP contribution in [0.1, 0.15) is 28.2 Å². The minimum atomic E-state index is -0.962. The number of aromatic nitrogens is 5. The molecule has 208 valence electrons. The lowest BCUT2D eigenvalue weighted by molar-refractivity contribution is -0.0592. The summed E-state index contributed by atoms with van der Waals surface area (Å²) >= 11 is 5.81. The van der Waals surface area contributed by atoms with Crippen LogP contribution in [-0.2, 0) is 24.4 Å². The molecule has 1 N–H and O–H groups in total. The van der Waals surface area contributed by atoms with Crippen molar-refractivity contribution in [2.45, 2.75) is 32.2 Å². The fourth-order valence-electron chi connectivity index (χ4n) is 4.84. The SMILES string of the molecule is O=C(O)c1ccc2nc(CN3CCN(c4ncnc(OCc5ccc(Cl)cc5F)n4)CC3)n(C[C@@H]3CCO3)c2c1. The predicted octanol–water partition coefficient (Wildman–Crippen LogP) is 3.40. The maximum absolute atomic E-state index is 14.1. The van der Waals surface area contributed by atoms with Crippen LogP contribution in [0.5, 0.6) is 6.01 Å². The van der Waals surface area contributed by atoms with Gasteiger partial charge in [-0.25, -0.2) is 19.2 Å². The number of hydrogen-bond donors (Lipinski definition) is 1. The molecule has 2 aliphatic heterocycles. The summed E-state index contributed by atoms with van der Waals surface area (Å²) in [5, 5.41) is 9.79. The van der Waals surface area contributed by atoms with Crippen LogP contribution in [0.15, 0.2) is 42.7 Å². The zero-order chi connectivity index (χ0) is 27.6. The average molecular weight is 568 g/mol. The number of piperazine rings is 1. The summed E-state index contributed by atoms with van der Waals surface area (Å²) in [7, 11) is 0. The molecule has 4 aromatic rings. The number of ether oxygens (including phenoxy) is 2. The lowest BCUT2D eigenvalue weighted by Crippen LogP contribution is -2.47. The molecule has 40 heavy (non-hydrogen) atoms. The molecule has 11 nitrogen and oxygen atoms in total. The quantitative estimate of drug-likeness (QED) is 0.322. The van der Waals surface area contributed by atoms with Crippen LogP contribution in [0.2, 0.25) is 5.02 Å². The summed E-state index contributed by atoms with van der Waals surface area (Å²) in [5.74, 6) is -0.0335. The topological polar surface area (TPSA) is 119 Å². The average Bonchev–Trinajstić information content (AvgIpc) is 3.26. The number of halogens is 2. The first-order chi connectivity index (χ1) is 19.4. The second-order valence-electron chi connectivity index (χ2n) is 9.78. The summed E-state index contributed by atoms with van der Waals surface area (Å²) in [5.41, 5.74) is 2.17. The Labute approximate surface area is 234 Å². The Bertz CT molecular complexity index is 1540. The standard InChI is InChI=1S/C27H27ClFN7O4/c28-19-3-1-18(21(29)12-19)15-40-27-31-16-30-26(33-27)35-8-6-34(7-9-35)14-24-32-22-4-2-17(25(37)38)11-23(22)36(24)13-20-5-10-39-20/h1-4,11-12,16,20H,5-10,13-15H2,(H,37,38)/t20-/m0/s1. The van der Waals surface area contributed by atoms with Crippen LogP contribution in [-0.4, -0.2) is 79.4 Å². The highest BCUT2D eigenvalue weighted by molar-refractivity contribution is 6.30. The molecule has 0 saturated carbocycles. The van der Waals surface area contributed by atoms with Crippen molar-refractivity contribution in [1.29, 1.82) is 0 Å². The van der Waals surface area contributed by atoms with Crippen molar-refractivity contribution in [3.63, 3.8) is 0 Å². The molecule has 0 aliphatic carbocycles. The lowest BCUT2D eigenvalue weighted by atomic mass is 10.1. The third-order valence-corrected chi connectivity index (χ3v) is 7.42. The lowest BCUT2D eigenvalue weighted by Gasteiger charge is -2.34. The Kier molecular flexibility index (Phi) is 7.46. The van der Waals surface area contributed by atoms with Crippen LogP contribution in [0, 0.1) is 5.82 Å². The van der Waals surface area contributed by atoms with Crippen molar-refractivity contribution < 1.29 is 23.8 Å². The first-order valence-electron chi connectivity index (χ1n) is 13.0. The van der Waals surface area contributed by atoms with Crippen LogP contribution in [0.4, 0.5) is 10.3 Å². The van der Waals surface area contributed by atoms with E-state index < -0.39 is 11.8 Å². The van der Waals surface area contributed by atoms with Gasteiger partial charge in [-0.1, -0.05) is 17.7 Å². The molecule has 6 rings (SSSR count). The van der Waals surface area contributed by atoms with Gasteiger partial charge in [-0.3, -0.25) is 4.90 Å². The van der Waals surface area contributed by atoms with Crippen LogP contribution in [0.25, 0.3) is 11.0 Å². The predicted molar refractivity (Wildman–Crippen MR) is 144 cm³/mol. The number of anilines is 1. The van der Waals surface area contributed by atoms with E-state index in [0.29, 0.717) is 42.7 Å². The fraction of sp³-hybridized carbons (Fsp3) is 0.370. The van der Waals surface area contributed by atoms with Crippen LogP contribution in [0.3, 0.4) is 0 Å². The molecule has 2 aromatic carbocycles. The van der Waals surface area contributed by atoms with Crippen LogP contribution >= 0.6 is 11.6 Å². The molecular weight excluding hydrogens is 541 g/mol. The number of carboxylic acid groups (broad SMARTS) is 1. The Balaban J connectivity index is 1.11. The van der Waals surface area contributed by atoms with Gasteiger partial charge in [-0.15, -0.1) is 0 Å². The van der Waals surface area contributed by atoms with Crippen molar-refractivity contribution in [2.75, 3.05) is 37.7 Å². The normalized spacial score (nSPS) is 17.6. The van der Waals surface area contributed by atoms with E-state index in [2.05, 4.69) is 29.3 Å². The summed E-state index contributed by atoms with van der Waals surface area (Å²) in [6.07, 6.45) is 2.47.